The molecule has 2 N–H and O–H groups in total. The number of nitrogens with one attached hydrogen (secondary N) is 2. The van der Waals surface area contributed by atoms with Crippen LogP contribution in [0.1, 0.15) is 28.5 Å². The fourth-order valence-electron chi connectivity index (χ4n) is 2.49. The SMILES string of the molecule is CCc1ccc(NC(=O)c2c[nH]c(=O)n(Cc3ccccn3)c2=O)cc1. The summed E-state index contributed by atoms with van der Waals surface area (Å²) < 4.78 is 0.956. The van der Waals surface area contributed by atoms with E-state index >= 15 is 0 Å². The van der Waals surface area contributed by atoms with Crippen LogP contribution in [0.3, 0.4) is 0 Å². The van der Waals surface area contributed by atoms with Crippen LogP contribution in [0, 0.1) is 0 Å². The first-order valence-corrected chi connectivity index (χ1v) is 8.21. The van der Waals surface area contributed by atoms with Gasteiger partial charge in [0, 0.05) is 18.1 Å². The fraction of sp³-hybridized carbons (Fsp3) is 0.158. The Labute approximate surface area is 149 Å². The number of nitrogens with zero attached hydrogens (tertiary/aromatic N) is 2. The van der Waals surface area contributed by atoms with E-state index in [0.29, 0.717) is 11.4 Å². The van der Waals surface area contributed by atoms with Crippen molar-refractivity contribution in [2.24, 2.45) is 0 Å². The third-order valence-electron chi connectivity index (χ3n) is 3.97. The Morgan fingerprint density at radius 2 is 1.92 bits per heavy atom. The van der Waals surface area contributed by atoms with Crippen LogP contribution in [0.5, 0.6) is 0 Å². The molecule has 1 amide bonds. The van der Waals surface area contributed by atoms with E-state index in [1.165, 1.54) is 0 Å². The Kier molecular flexibility index (Phi) is 5.07. The highest BCUT2D eigenvalue weighted by Gasteiger charge is 2.15. The molecule has 0 aliphatic rings. The van der Waals surface area contributed by atoms with Crippen LogP contribution in [0.25, 0.3) is 0 Å². The molecule has 0 saturated carbocycles. The number of benzene rings is 1. The number of hydrogen-bond donors (Lipinski definition) is 2. The smallest absolute Gasteiger partial charge is 0.322 e. The highest BCUT2D eigenvalue weighted by atomic mass is 16.2. The minimum atomic E-state index is -0.665. The second-order valence-electron chi connectivity index (χ2n) is 5.72. The van der Waals surface area contributed by atoms with Gasteiger partial charge >= 0.3 is 5.69 Å². The summed E-state index contributed by atoms with van der Waals surface area (Å²) in [5, 5.41) is 2.67. The van der Waals surface area contributed by atoms with E-state index in [2.05, 4.69) is 15.3 Å². The number of rotatable bonds is 5. The zero-order valence-electron chi connectivity index (χ0n) is 14.2. The summed E-state index contributed by atoms with van der Waals surface area (Å²) in [7, 11) is 0. The van der Waals surface area contributed by atoms with E-state index < -0.39 is 17.2 Å². The molecule has 1 aromatic carbocycles. The van der Waals surface area contributed by atoms with Gasteiger partial charge in [0.25, 0.3) is 11.5 Å². The number of hydrogen-bond acceptors (Lipinski definition) is 4. The predicted octanol–water partition coefficient (Wildman–Crippen LogP) is 1.79. The standard InChI is InChI=1S/C19H18N4O3/c1-2-13-6-8-14(9-7-13)22-17(24)16-11-21-19(26)23(18(16)25)12-15-5-3-4-10-20-15/h3-11H,2,12H2,1H3,(H,21,26)(H,22,24). The quantitative estimate of drug-likeness (QED) is 0.733. The number of aromatic amines is 1. The lowest BCUT2D eigenvalue weighted by atomic mass is 10.1. The van der Waals surface area contributed by atoms with Crippen molar-refractivity contribution < 1.29 is 4.79 Å². The maximum atomic E-state index is 12.6. The molecule has 0 atom stereocenters. The van der Waals surface area contributed by atoms with Gasteiger partial charge in [-0.2, -0.15) is 0 Å². The molecule has 0 spiro atoms. The van der Waals surface area contributed by atoms with E-state index in [1.54, 1.807) is 36.5 Å². The van der Waals surface area contributed by atoms with Gasteiger partial charge in [-0.3, -0.25) is 19.1 Å². The van der Waals surface area contributed by atoms with Gasteiger partial charge in [-0.25, -0.2) is 4.79 Å². The lowest BCUT2D eigenvalue weighted by molar-refractivity contribution is 0.102. The molecule has 3 rings (SSSR count). The number of aryl methyl sites for hydroxylation is 1. The van der Waals surface area contributed by atoms with Crippen molar-refractivity contribution in [2.45, 2.75) is 19.9 Å². The fourth-order valence-corrected chi connectivity index (χ4v) is 2.49. The Morgan fingerprint density at radius 3 is 2.58 bits per heavy atom. The first kappa shape index (κ1) is 17.3. The van der Waals surface area contributed by atoms with Crippen LogP contribution in [0.4, 0.5) is 5.69 Å². The number of carbonyl (C=O) groups excluding carboxylic acids is 1. The van der Waals surface area contributed by atoms with Crippen molar-refractivity contribution in [1.82, 2.24) is 14.5 Å². The molecule has 7 nitrogen and oxygen atoms in total. The highest BCUT2D eigenvalue weighted by molar-refractivity contribution is 6.03. The molecule has 7 heteroatoms. The molecule has 0 saturated heterocycles. The van der Waals surface area contributed by atoms with E-state index in [9.17, 15) is 14.4 Å². The van der Waals surface area contributed by atoms with E-state index in [-0.39, 0.29) is 12.1 Å². The second kappa shape index (κ2) is 7.60. The van der Waals surface area contributed by atoms with Crippen LogP contribution < -0.4 is 16.6 Å². The van der Waals surface area contributed by atoms with Crippen LogP contribution in [0.15, 0.2) is 64.4 Å². The average Bonchev–Trinajstić information content (AvgIpc) is 2.66. The summed E-state index contributed by atoms with van der Waals surface area (Å²) in [4.78, 5) is 43.6. The predicted molar refractivity (Wildman–Crippen MR) is 98.4 cm³/mol. The zero-order chi connectivity index (χ0) is 18.5. The molecule has 0 unspecified atom stereocenters. The Bertz CT molecular complexity index is 1020. The van der Waals surface area contributed by atoms with Crippen molar-refractivity contribution in [3.63, 3.8) is 0 Å². The van der Waals surface area contributed by atoms with E-state index in [4.69, 9.17) is 0 Å². The molecule has 2 heterocycles. The lowest BCUT2D eigenvalue weighted by Gasteiger charge is -2.08. The minimum Gasteiger partial charge on any atom is -0.322 e. The summed E-state index contributed by atoms with van der Waals surface area (Å²) in [6.07, 6.45) is 3.60. The first-order valence-electron chi connectivity index (χ1n) is 8.21. The van der Waals surface area contributed by atoms with Crippen molar-refractivity contribution in [3.8, 4) is 0 Å². The number of H-pyrrole nitrogens is 1. The molecular formula is C19H18N4O3. The van der Waals surface area contributed by atoms with Gasteiger partial charge in [-0.15, -0.1) is 0 Å². The normalized spacial score (nSPS) is 10.5. The van der Waals surface area contributed by atoms with Crippen LogP contribution in [-0.4, -0.2) is 20.4 Å². The maximum Gasteiger partial charge on any atom is 0.328 e. The Balaban J connectivity index is 1.87. The van der Waals surface area contributed by atoms with Gasteiger partial charge in [0.2, 0.25) is 0 Å². The van der Waals surface area contributed by atoms with Crippen molar-refractivity contribution in [1.29, 1.82) is 0 Å². The average molecular weight is 350 g/mol. The Hall–Kier alpha value is -3.48. The first-order chi connectivity index (χ1) is 12.6. The van der Waals surface area contributed by atoms with Crippen LogP contribution in [0.2, 0.25) is 0 Å². The molecule has 0 fully saturated rings. The summed E-state index contributed by atoms with van der Waals surface area (Å²) in [6.45, 7) is 2.03. The molecule has 132 valence electrons. The second-order valence-corrected chi connectivity index (χ2v) is 5.72. The van der Waals surface area contributed by atoms with Crippen LogP contribution >= 0.6 is 0 Å². The molecular weight excluding hydrogens is 332 g/mol. The Morgan fingerprint density at radius 1 is 1.15 bits per heavy atom. The van der Waals surface area contributed by atoms with Gasteiger partial charge in [0.1, 0.15) is 5.56 Å². The van der Waals surface area contributed by atoms with Crippen molar-refractivity contribution >= 4 is 11.6 Å². The van der Waals surface area contributed by atoms with Gasteiger partial charge in [0.15, 0.2) is 0 Å². The summed E-state index contributed by atoms with van der Waals surface area (Å²) in [6, 6.07) is 12.6. The molecule has 0 aliphatic carbocycles. The molecule has 0 radical (unpaired) electrons. The molecule has 3 aromatic rings. The number of aromatic nitrogens is 3. The minimum absolute atomic E-state index is 0.0126. The molecule has 26 heavy (non-hydrogen) atoms. The molecule has 2 aromatic heterocycles. The van der Waals surface area contributed by atoms with Crippen molar-refractivity contribution in [3.05, 3.63) is 92.5 Å². The van der Waals surface area contributed by atoms with E-state index in [0.717, 1.165) is 22.7 Å². The largest absolute Gasteiger partial charge is 0.328 e. The monoisotopic (exact) mass is 350 g/mol. The van der Waals surface area contributed by atoms with Gasteiger partial charge < -0.3 is 10.3 Å². The van der Waals surface area contributed by atoms with Gasteiger partial charge in [0.05, 0.1) is 12.2 Å². The summed E-state index contributed by atoms with van der Waals surface area (Å²) in [5.41, 5.74) is 0.873. The summed E-state index contributed by atoms with van der Waals surface area (Å²) in [5.74, 6) is -0.578. The maximum absolute atomic E-state index is 12.6. The van der Waals surface area contributed by atoms with Gasteiger partial charge in [-0.05, 0) is 36.2 Å². The highest BCUT2D eigenvalue weighted by Crippen LogP contribution is 2.10. The topological polar surface area (TPSA) is 96.8 Å². The lowest BCUT2D eigenvalue weighted by Crippen LogP contribution is -2.39. The summed E-state index contributed by atoms with van der Waals surface area (Å²) >= 11 is 0. The van der Waals surface area contributed by atoms with Gasteiger partial charge in [-0.1, -0.05) is 25.1 Å². The zero-order valence-corrected chi connectivity index (χ0v) is 14.2. The van der Waals surface area contributed by atoms with Crippen LogP contribution in [-0.2, 0) is 13.0 Å². The number of carbonyl (C=O) groups is 1. The number of pyridine rings is 1. The third kappa shape index (κ3) is 3.77. The van der Waals surface area contributed by atoms with Crippen molar-refractivity contribution in [2.75, 3.05) is 5.32 Å². The number of amides is 1. The molecule has 0 aliphatic heterocycles. The molecule has 0 bridgehead atoms. The van der Waals surface area contributed by atoms with E-state index in [1.807, 2.05) is 19.1 Å². The number of anilines is 1. The third-order valence-corrected chi connectivity index (χ3v) is 3.97.